The summed E-state index contributed by atoms with van der Waals surface area (Å²) in [4.78, 5) is 14.6. The number of amides is 1. The molecule has 0 aliphatic carbocycles. The van der Waals surface area contributed by atoms with Crippen molar-refractivity contribution in [1.29, 1.82) is 0 Å². The number of hydrogen-bond donors (Lipinski definition) is 1. The molecule has 3 heteroatoms. The highest BCUT2D eigenvalue weighted by atomic mass is 16.2. The second kappa shape index (κ2) is 6.74. The van der Waals surface area contributed by atoms with Crippen LogP contribution in [0.5, 0.6) is 0 Å². The number of nitrogens with zero attached hydrogens (tertiary/aromatic N) is 1. The van der Waals surface area contributed by atoms with Crippen molar-refractivity contribution in [3.63, 3.8) is 0 Å². The average molecular weight is 268 g/mol. The molecule has 0 radical (unpaired) electrons. The van der Waals surface area contributed by atoms with Gasteiger partial charge >= 0.3 is 0 Å². The molecule has 1 amide bonds. The number of rotatable bonds is 6. The quantitative estimate of drug-likeness (QED) is 0.801. The molecule has 0 saturated carbocycles. The molecular formula is C16H32N2O. The molecule has 0 aromatic rings. The van der Waals surface area contributed by atoms with Crippen molar-refractivity contribution in [2.45, 2.75) is 79.4 Å². The Morgan fingerprint density at radius 1 is 1.32 bits per heavy atom. The van der Waals surface area contributed by atoms with Crippen LogP contribution in [0.4, 0.5) is 0 Å². The van der Waals surface area contributed by atoms with Crippen LogP contribution in [0.1, 0.15) is 67.2 Å². The van der Waals surface area contributed by atoms with Gasteiger partial charge in [-0.05, 0) is 30.6 Å². The molecule has 1 aliphatic rings. The Kier molecular flexibility index (Phi) is 5.84. The summed E-state index contributed by atoms with van der Waals surface area (Å²) >= 11 is 0. The maximum absolute atomic E-state index is 12.5. The third-order valence-corrected chi connectivity index (χ3v) is 3.73. The van der Waals surface area contributed by atoms with Gasteiger partial charge in [-0.1, -0.05) is 48.0 Å². The minimum absolute atomic E-state index is 0.0497. The summed E-state index contributed by atoms with van der Waals surface area (Å²) in [5.74, 6) is 0.930. The van der Waals surface area contributed by atoms with Crippen molar-refractivity contribution >= 4 is 5.91 Å². The summed E-state index contributed by atoms with van der Waals surface area (Å²) < 4.78 is 0. The van der Waals surface area contributed by atoms with E-state index in [4.69, 9.17) is 0 Å². The van der Waals surface area contributed by atoms with E-state index in [9.17, 15) is 4.79 Å². The lowest BCUT2D eigenvalue weighted by Gasteiger charge is -2.28. The molecule has 2 atom stereocenters. The minimum atomic E-state index is 0.0497. The number of carbonyl (C=O) groups is 1. The molecule has 1 fully saturated rings. The molecule has 2 unspecified atom stereocenters. The molecule has 112 valence electrons. The first kappa shape index (κ1) is 16.5. The fourth-order valence-electron chi connectivity index (χ4n) is 2.61. The Morgan fingerprint density at radius 2 is 1.95 bits per heavy atom. The van der Waals surface area contributed by atoms with Crippen molar-refractivity contribution in [3.8, 4) is 0 Å². The van der Waals surface area contributed by atoms with Gasteiger partial charge in [-0.15, -0.1) is 0 Å². The molecule has 0 spiro atoms. The van der Waals surface area contributed by atoms with Gasteiger partial charge in [-0.25, -0.2) is 0 Å². The minimum Gasteiger partial charge on any atom is -0.326 e. The van der Waals surface area contributed by atoms with Crippen molar-refractivity contribution in [3.05, 3.63) is 0 Å². The Bertz CT molecular complexity index is 294. The smallest absolute Gasteiger partial charge is 0.241 e. The fourth-order valence-corrected chi connectivity index (χ4v) is 2.61. The monoisotopic (exact) mass is 268 g/mol. The molecule has 1 heterocycles. The predicted molar refractivity (Wildman–Crippen MR) is 80.9 cm³/mol. The van der Waals surface area contributed by atoms with E-state index in [1.807, 2.05) is 0 Å². The van der Waals surface area contributed by atoms with E-state index >= 15 is 0 Å². The second-order valence-corrected chi connectivity index (χ2v) is 7.50. The van der Waals surface area contributed by atoms with Crippen LogP contribution >= 0.6 is 0 Å². The van der Waals surface area contributed by atoms with Crippen LogP contribution in [0.25, 0.3) is 0 Å². The van der Waals surface area contributed by atoms with Crippen LogP contribution < -0.4 is 5.32 Å². The van der Waals surface area contributed by atoms with Gasteiger partial charge in [-0.2, -0.15) is 0 Å². The van der Waals surface area contributed by atoms with E-state index in [2.05, 4.69) is 51.8 Å². The van der Waals surface area contributed by atoms with Gasteiger partial charge in [0.1, 0.15) is 0 Å². The predicted octanol–water partition coefficient (Wildman–Crippen LogP) is 3.40. The molecule has 1 saturated heterocycles. The van der Waals surface area contributed by atoms with Crippen LogP contribution in [-0.4, -0.2) is 29.6 Å². The van der Waals surface area contributed by atoms with Crippen LogP contribution in [0, 0.1) is 11.3 Å². The first-order valence-corrected chi connectivity index (χ1v) is 7.81. The van der Waals surface area contributed by atoms with Gasteiger partial charge in [0.25, 0.3) is 0 Å². The third-order valence-electron chi connectivity index (χ3n) is 3.73. The molecule has 1 aliphatic heterocycles. The number of hydrogen-bond acceptors (Lipinski definition) is 2. The number of nitrogens with one attached hydrogen (secondary N) is 1. The van der Waals surface area contributed by atoms with E-state index < -0.39 is 0 Å². The maximum Gasteiger partial charge on any atom is 0.241 e. The molecular weight excluding hydrogens is 236 g/mol. The Morgan fingerprint density at radius 3 is 2.42 bits per heavy atom. The van der Waals surface area contributed by atoms with E-state index in [0.717, 1.165) is 32.2 Å². The van der Waals surface area contributed by atoms with Gasteiger partial charge < -0.3 is 4.90 Å². The third kappa shape index (κ3) is 5.13. The van der Waals surface area contributed by atoms with Crippen molar-refractivity contribution < 1.29 is 4.79 Å². The molecule has 0 aromatic heterocycles. The van der Waals surface area contributed by atoms with E-state index in [1.165, 1.54) is 0 Å². The zero-order valence-corrected chi connectivity index (χ0v) is 13.6. The lowest BCUT2D eigenvalue weighted by atomic mass is 9.92. The van der Waals surface area contributed by atoms with Gasteiger partial charge in [0.15, 0.2) is 0 Å². The first-order chi connectivity index (χ1) is 8.74. The molecule has 3 nitrogen and oxygen atoms in total. The van der Waals surface area contributed by atoms with Crippen LogP contribution in [0.3, 0.4) is 0 Å². The molecule has 0 bridgehead atoms. The topological polar surface area (TPSA) is 32.3 Å². The van der Waals surface area contributed by atoms with Gasteiger partial charge in [0, 0.05) is 6.54 Å². The van der Waals surface area contributed by atoms with E-state index in [-0.39, 0.29) is 17.6 Å². The second-order valence-electron chi connectivity index (χ2n) is 7.50. The molecule has 1 rings (SSSR count). The van der Waals surface area contributed by atoms with Crippen molar-refractivity contribution in [2.24, 2.45) is 11.3 Å². The molecule has 1 N–H and O–H groups in total. The van der Waals surface area contributed by atoms with Crippen molar-refractivity contribution in [1.82, 2.24) is 10.2 Å². The summed E-state index contributed by atoms with van der Waals surface area (Å²) in [6, 6.07) is 0.0497. The summed E-state index contributed by atoms with van der Waals surface area (Å²) in [6.45, 7) is 14.2. The Labute approximate surface area is 119 Å². The lowest BCUT2D eigenvalue weighted by molar-refractivity contribution is -0.130. The molecule has 0 aromatic carbocycles. The van der Waals surface area contributed by atoms with Crippen molar-refractivity contribution in [2.75, 3.05) is 6.54 Å². The summed E-state index contributed by atoms with van der Waals surface area (Å²) in [5, 5.41) is 3.54. The maximum atomic E-state index is 12.5. The highest BCUT2D eigenvalue weighted by Gasteiger charge is 2.38. The normalized spacial score (nSPS) is 24.6. The van der Waals surface area contributed by atoms with Gasteiger partial charge in [-0.3, -0.25) is 10.1 Å². The first-order valence-electron chi connectivity index (χ1n) is 7.81. The zero-order valence-electron chi connectivity index (χ0n) is 13.6. The van der Waals surface area contributed by atoms with Gasteiger partial charge in [0.05, 0.1) is 12.2 Å². The van der Waals surface area contributed by atoms with E-state index in [1.54, 1.807) is 0 Å². The van der Waals surface area contributed by atoms with Crippen LogP contribution in [0.2, 0.25) is 0 Å². The summed E-state index contributed by atoms with van der Waals surface area (Å²) in [7, 11) is 0. The largest absolute Gasteiger partial charge is 0.326 e. The highest BCUT2D eigenvalue weighted by molar-refractivity contribution is 5.84. The lowest BCUT2D eigenvalue weighted by Crippen LogP contribution is -2.40. The average Bonchev–Trinajstić information content (AvgIpc) is 2.52. The Hall–Kier alpha value is -0.570. The summed E-state index contributed by atoms with van der Waals surface area (Å²) in [6.07, 6.45) is 4.38. The zero-order chi connectivity index (χ0) is 14.6. The Balaban J connectivity index is 2.68. The summed E-state index contributed by atoms with van der Waals surface area (Å²) in [5.41, 5.74) is 0.283. The highest BCUT2D eigenvalue weighted by Crippen LogP contribution is 2.24. The van der Waals surface area contributed by atoms with Gasteiger partial charge in [0.2, 0.25) is 5.91 Å². The van der Waals surface area contributed by atoms with Crippen LogP contribution in [-0.2, 0) is 4.79 Å². The standard InChI is InChI=1S/C16H32N2O/c1-7-8-13-15(19)18(10-9-16(4,5)6)14(17-13)11-12(2)3/h12-14,17H,7-11H2,1-6H3. The molecule has 19 heavy (non-hydrogen) atoms. The number of carbonyl (C=O) groups excluding carboxylic acids is 1. The van der Waals surface area contributed by atoms with Crippen LogP contribution in [0.15, 0.2) is 0 Å². The van der Waals surface area contributed by atoms with E-state index in [0.29, 0.717) is 11.8 Å². The SMILES string of the molecule is CCCC1NC(CC(C)C)N(CCC(C)(C)C)C1=O. The fraction of sp³-hybridized carbons (Fsp3) is 0.938.